The van der Waals surface area contributed by atoms with Crippen LogP contribution in [0.15, 0.2) is 30.3 Å². The van der Waals surface area contributed by atoms with Crippen LogP contribution in [0.3, 0.4) is 0 Å². The van der Waals surface area contributed by atoms with Crippen molar-refractivity contribution in [2.45, 2.75) is 31.3 Å². The molecule has 1 aliphatic carbocycles. The molecular formula is C16H22N2O2. The van der Waals surface area contributed by atoms with E-state index in [1.54, 1.807) is 0 Å². The number of hydrogen-bond donors (Lipinski definition) is 1. The Balaban J connectivity index is 1.68. The Labute approximate surface area is 119 Å². The molecule has 1 saturated carbocycles. The molecule has 2 aliphatic rings. The van der Waals surface area contributed by atoms with Crippen LogP contribution in [0.5, 0.6) is 0 Å². The molecule has 0 aromatic heterocycles. The molecule has 0 bridgehead atoms. The van der Waals surface area contributed by atoms with Crippen LogP contribution in [0.4, 0.5) is 0 Å². The average molecular weight is 274 g/mol. The Bertz CT molecular complexity index is 453. The van der Waals surface area contributed by atoms with Crippen LogP contribution in [0.25, 0.3) is 0 Å². The van der Waals surface area contributed by atoms with Crippen molar-refractivity contribution in [3.05, 3.63) is 35.9 Å². The second kappa shape index (κ2) is 5.94. The normalized spacial score (nSPS) is 23.6. The van der Waals surface area contributed by atoms with Gasteiger partial charge < -0.3 is 15.4 Å². The molecule has 1 saturated heterocycles. The molecule has 1 aromatic carbocycles. The van der Waals surface area contributed by atoms with E-state index < -0.39 is 6.04 Å². The third-order valence-corrected chi connectivity index (χ3v) is 4.17. The van der Waals surface area contributed by atoms with E-state index in [0.717, 1.165) is 44.6 Å². The number of carbonyl (C=O) groups is 1. The monoisotopic (exact) mass is 274 g/mol. The summed E-state index contributed by atoms with van der Waals surface area (Å²) in [6.45, 7) is 2.39. The smallest absolute Gasteiger partial charge is 0.244 e. The van der Waals surface area contributed by atoms with E-state index in [9.17, 15) is 4.79 Å². The van der Waals surface area contributed by atoms with E-state index in [1.807, 2.05) is 35.2 Å². The largest absolute Gasteiger partial charge is 0.381 e. The van der Waals surface area contributed by atoms with Gasteiger partial charge in [0.1, 0.15) is 6.04 Å². The molecule has 4 heteroatoms. The van der Waals surface area contributed by atoms with Gasteiger partial charge in [-0.05, 0) is 24.8 Å². The Morgan fingerprint density at radius 2 is 2.05 bits per heavy atom. The fraction of sp³-hybridized carbons (Fsp3) is 0.562. The molecule has 20 heavy (non-hydrogen) atoms. The van der Waals surface area contributed by atoms with E-state index in [2.05, 4.69) is 0 Å². The van der Waals surface area contributed by atoms with Gasteiger partial charge in [-0.3, -0.25) is 4.79 Å². The summed E-state index contributed by atoms with van der Waals surface area (Å²) in [5, 5.41) is 0. The number of ether oxygens (including phenoxy) is 1. The summed E-state index contributed by atoms with van der Waals surface area (Å²) < 4.78 is 5.41. The second-order valence-electron chi connectivity index (χ2n) is 5.84. The molecule has 2 fully saturated rings. The Kier molecular flexibility index (Phi) is 4.03. The van der Waals surface area contributed by atoms with Gasteiger partial charge in [0, 0.05) is 25.1 Å². The maximum Gasteiger partial charge on any atom is 0.244 e. The van der Waals surface area contributed by atoms with Crippen molar-refractivity contribution in [1.82, 2.24) is 4.90 Å². The van der Waals surface area contributed by atoms with E-state index in [1.165, 1.54) is 0 Å². The third kappa shape index (κ3) is 3.02. The van der Waals surface area contributed by atoms with Gasteiger partial charge in [-0.1, -0.05) is 30.3 Å². The predicted octanol–water partition coefficient (Wildman–Crippen LogP) is 1.71. The second-order valence-corrected chi connectivity index (χ2v) is 5.84. The highest BCUT2D eigenvalue weighted by atomic mass is 16.5. The van der Waals surface area contributed by atoms with Crippen LogP contribution in [0, 0.1) is 5.92 Å². The number of hydrogen-bond acceptors (Lipinski definition) is 3. The van der Waals surface area contributed by atoms with Crippen LogP contribution in [0.1, 0.15) is 30.9 Å². The number of benzene rings is 1. The van der Waals surface area contributed by atoms with E-state index in [0.29, 0.717) is 12.0 Å². The van der Waals surface area contributed by atoms with Crippen LogP contribution in [0.2, 0.25) is 0 Å². The highest BCUT2D eigenvalue weighted by Gasteiger charge is 2.36. The summed E-state index contributed by atoms with van der Waals surface area (Å²) in [5.74, 6) is 0.535. The molecule has 108 valence electrons. The molecule has 0 spiro atoms. The molecule has 1 unspecified atom stereocenters. The summed E-state index contributed by atoms with van der Waals surface area (Å²) in [6, 6.07) is 9.49. The minimum atomic E-state index is -0.542. The molecule has 2 N–H and O–H groups in total. The zero-order valence-corrected chi connectivity index (χ0v) is 11.7. The standard InChI is InChI=1S/C16H22N2O2/c17-15(13-4-2-1-3-5-13)16(19)18(14-6-7-14)10-12-8-9-20-11-12/h1-5,12,14-15H,6-11,17H2/t12?,15-/m0/s1. The molecular weight excluding hydrogens is 252 g/mol. The van der Waals surface area contributed by atoms with Crippen molar-refractivity contribution >= 4 is 5.91 Å². The first-order chi connectivity index (χ1) is 9.75. The van der Waals surface area contributed by atoms with E-state index in [-0.39, 0.29) is 5.91 Å². The lowest BCUT2D eigenvalue weighted by atomic mass is 10.0. The van der Waals surface area contributed by atoms with Crippen molar-refractivity contribution in [1.29, 1.82) is 0 Å². The molecule has 1 heterocycles. The van der Waals surface area contributed by atoms with Crippen molar-refractivity contribution < 1.29 is 9.53 Å². The topological polar surface area (TPSA) is 55.6 Å². The van der Waals surface area contributed by atoms with Crippen molar-refractivity contribution in [2.24, 2.45) is 11.7 Å². The molecule has 0 radical (unpaired) electrons. The van der Waals surface area contributed by atoms with Crippen molar-refractivity contribution in [2.75, 3.05) is 19.8 Å². The Morgan fingerprint density at radius 1 is 1.30 bits per heavy atom. The summed E-state index contributed by atoms with van der Waals surface area (Å²) in [7, 11) is 0. The van der Waals surface area contributed by atoms with Crippen LogP contribution in [-0.2, 0) is 9.53 Å². The van der Waals surface area contributed by atoms with Gasteiger partial charge in [-0.2, -0.15) is 0 Å². The first-order valence-electron chi connectivity index (χ1n) is 7.44. The van der Waals surface area contributed by atoms with Gasteiger partial charge >= 0.3 is 0 Å². The zero-order chi connectivity index (χ0) is 13.9. The van der Waals surface area contributed by atoms with E-state index in [4.69, 9.17) is 10.5 Å². The summed E-state index contributed by atoms with van der Waals surface area (Å²) in [6.07, 6.45) is 3.28. The number of carbonyl (C=O) groups excluding carboxylic acids is 1. The SMILES string of the molecule is N[C@H](C(=O)N(CC1CCOC1)C1CC1)c1ccccc1. The minimum absolute atomic E-state index is 0.0607. The quantitative estimate of drug-likeness (QED) is 0.889. The van der Waals surface area contributed by atoms with E-state index >= 15 is 0 Å². The zero-order valence-electron chi connectivity index (χ0n) is 11.7. The summed E-state index contributed by atoms with van der Waals surface area (Å²) in [5.41, 5.74) is 7.05. The number of nitrogens with two attached hydrogens (primary N) is 1. The molecule has 1 aromatic rings. The number of rotatable bonds is 5. The lowest BCUT2D eigenvalue weighted by Crippen LogP contribution is -2.42. The molecule has 1 amide bonds. The maximum absolute atomic E-state index is 12.7. The van der Waals surface area contributed by atoms with Crippen LogP contribution in [-0.4, -0.2) is 36.6 Å². The first-order valence-corrected chi connectivity index (χ1v) is 7.44. The summed E-state index contributed by atoms with van der Waals surface area (Å²) in [4.78, 5) is 14.7. The average Bonchev–Trinajstić information content (AvgIpc) is 3.21. The van der Waals surface area contributed by atoms with Crippen molar-refractivity contribution in [3.8, 4) is 0 Å². The van der Waals surface area contributed by atoms with Gasteiger partial charge in [0.05, 0.1) is 6.61 Å². The molecule has 1 aliphatic heterocycles. The highest BCUT2D eigenvalue weighted by Crippen LogP contribution is 2.31. The van der Waals surface area contributed by atoms with Crippen LogP contribution < -0.4 is 5.73 Å². The lowest BCUT2D eigenvalue weighted by molar-refractivity contribution is -0.134. The summed E-state index contributed by atoms with van der Waals surface area (Å²) >= 11 is 0. The predicted molar refractivity (Wildman–Crippen MR) is 77.0 cm³/mol. The fourth-order valence-electron chi connectivity index (χ4n) is 2.79. The molecule has 3 rings (SSSR count). The van der Waals surface area contributed by atoms with Gasteiger partial charge in [0.25, 0.3) is 0 Å². The molecule has 4 nitrogen and oxygen atoms in total. The number of amides is 1. The number of nitrogens with zero attached hydrogens (tertiary/aromatic N) is 1. The van der Waals surface area contributed by atoms with Crippen LogP contribution >= 0.6 is 0 Å². The Hall–Kier alpha value is -1.39. The Morgan fingerprint density at radius 3 is 2.65 bits per heavy atom. The maximum atomic E-state index is 12.7. The molecule has 2 atom stereocenters. The lowest BCUT2D eigenvalue weighted by Gasteiger charge is -2.28. The van der Waals surface area contributed by atoms with Gasteiger partial charge in [-0.15, -0.1) is 0 Å². The van der Waals surface area contributed by atoms with Gasteiger partial charge in [-0.25, -0.2) is 0 Å². The third-order valence-electron chi connectivity index (χ3n) is 4.17. The first kappa shape index (κ1) is 13.6. The van der Waals surface area contributed by atoms with Gasteiger partial charge in [0.15, 0.2) is 0 Å². The van der Waals surface area contributed by atoms with Crippen molar-refractivity contribution in [3.63, 3.8) is 0 Å². The highest BCUT2D eigenvalue weighted by molar-refractivity contribution is 5.83. The van der Waals surface area contributed by atoms with Gasteiger partial charge in [0.2, 0.25) is 5.91 Å². The fourth-order valence-corrected chi connectivity index (χ4v) is 2.79. The minimum Gasteiger partial charge on any atom is -0.381 e.